The van der Waals surface area contributed by atoms with Gasteiger partial charge in [-0.15, -0.1) is 0 Å². The Labute approximate surface area is 477 Å². The van der Waals surface area contributed by atoms with E-state index < -0.39 is 12.1 Å². The molecular weight excluding hydrogens is 949 g/mol. The summed E-state index contributed by atoms with van der Waals surface area (Å²) in [5.74, 6) is -0.989. The van der Waals surface area contributed by atoms with Crippen molar-refractivity contribution >= 4 is 17.9 Å². The lowest BCUT2D eigenvalue weighted by Crippen LogP contribution is -2.30. The number of unbranched alkanes of at least 4 members (excludes halogenated alkanes) is 32. The molecular formula is C71H122O6. The van der Waals surface area contributed by atoms with Crippen molar-refractivity contribution in [1.82, 2.24) is 0 Å². The summed E-state index contributed by atoms with van der Waals surface area (Å²) < 4.78 is 16.9. The van der Waals surface area contributed by atoms with E-state index in [1.807, 2.05) is 6.08 Å². The van der Waals surface area contributed by atoms with Crippen LogP contribution in [0, 0.1) is 0 Å². The van der Waals surface area contributed by atoms with E-state index in [0.29, 0.717) is 19.3 Å². The van der Waals surface area contributed by atoms with Crippen LogP contribution in [0.1, 0.15) is 316 Å². The Bertz CT molecular complexity index is 1510. The second-order valence-corrected chi connectivity index (χ2v) is 21.6. The highest BCUT2D eigenvalue weighted by Gasteiger charge is 2.19. The zero-order valence-corrected chi connectivity index (χ0v) is 50.7. The summed E-state index contributed by atoms with van der Waals surface area (Å²) in [5.41, 5.74) is 0. The molecule has 0 bridgehead atoms. The first-order chi connectivity index (χ1) is 38.0. The molecule has 77 heavy (non-hydrogen) atoms. The second kappa shape index (κ2) is 64.9. The van der Waals surface area contributed by atoms with Gasteiger partial charge in [-0.05, 0) is 89.9 Å². The molecule has 0 saturated carbocycles. The minimum Gasteiger partial charge on any atom is -0.462 e. The number of hydrogen-bond acceptors (Lipinski definition) is 6. The highest BCUT2D eigenvalue weighted by molar-refractivity contribution is 5.71. The van der Waals surface area contributed by atoms with Crippen molar-refractivity contribution in [3.63, 3.8) is 0 Å². The van der Waals surface area contributed by atoms with Crippen molar-refractivity contribution in [1.29, 1.82) is 0 Å². The lowest BCUT2D eigenvalue weighted by Gasteiger charge is -2.18. The largest absolute Gasteiger partial charge is 0.462 e. The average Bonchev–Trinajstić information content (AvgIpc) is 3.43. The highest BCUT2D eigenvalue weighted by Crippen LogP contribution is 2.17. The van der Waals surface area contributed by atoms with Crippen LogP contribution in [0.3, 0.4) is 0 Å². The Kier molecular flexibility index (Phi) is 61.8. The van der Waals surface area contributed by atoms with Crippen LogP contribution in [-0.4, -0.2) is 37.2 Å². The molecule has 0 N–H and O–H groups in total. The van der Waals surface area contributed by atoms with Gasteiger partial charge >= 0.3 is 17.9 Å². The first-order valence-corrected chi connectivity index (χ1v) is 32.7. The van der Waals surface area contributed by atoms with E-state index in [4.69, 9.17) is 14.2 Å². The van der Waals surface area contributed by atoms with Gasteiger partial charge in [0.1, 0.15) is 13.2 Å². The zero-order valence-electron chi connectivity index (χ0n) is 50.7. The third-order valence-electron chi connectivity index (χ3n) is 14.1. The van der Waals surface area contributed by atoms with Crippen molar-refractivity contribution in [3.8, 4) is 0 Å². The second-order valence-electron chi connectivity index (χ2n) is 21.6. The molecule has 6 heteroatoms. The Morgan fingerprint density at radius 2 is 0.532 bits per heavy atom. The normalized spacial score (nSPS) is 12.7. The van der Waals surface area contributed by atoms with E-state index >= 15 is 0 Å². The molecule has 0 radical (unpaired) electrons. The van der Waals surface area contributed by atoms with Gasteiger partial charge in [0.05, 0.1) is 0 Å². The first-order valence-electron chi connectivity index (χ1n) is 32.7. The molecule has 0 aliphatic heterocycles. The molecule has 0 aromatic heterocycles. The monoisotopic (exact) mass is 1070 g/mol. The Morgan fingerprint density at radius 3 is 0.870 bits per heavy atom. The number of carbonyl (C=O) groups is 3. The number of carbonyl (C=O) groups excluding carboxylic acids is 3. The molecule has 0 fully saturated rings. The van der Waals surface area contributed by atoms with Crippen molar-refractivity contribution in [2.45, 2.75) is 322 Å². The molecule has 0 heterocycles. The molecule has 0 aromatic carbocycles. The van der Waals surface area contributed by atoms with Crippen LogP contribution in [0.15, 0.2) is 97.2 Å². The first kappa shape index (κ1) is 73.3. The summed E-state index contributed by atoms with van der Waals surface area (Å²) in [6.07, 6.45) is 87.2. The van der Waals surface area contributed by atoms with E-state index in [-0.39, 0.29) is 31.6 Å². The van der Waals surface area contributed by atoms with Crippen molar-refractivity contribution in [2.24, 2.45) is 0 Å². The number of hydrogen-bond donors (Lipinski definition) is 0. The van der Waals surface area contributed by atoms with E-state index in [1.54, 1.807) is 0 Å². The van der Waals surface area contributed by atoms with Gasteiger partial charge in [-0.1, -0.05) is 304 Å². The van der Waals surface area contributed by atoms with Crippen LogP contribution >= 0.6 is 0 Å². The van der Waals surface area contributed by atoms with Gasteiger partial charge in [0.2, 0.25) is 0 Å². The lowest BCUT2D eigenvalue weighted by atomic mass is 10.0. The van der Waals surface area contributed by atoms with E-state index in [9.17, 15) is 14.4 Å². The average molecular weight is 1070 g/mol. The van der Waals surface area contributed by atoms with Gasteiger partial charge in [-0.25, -0.2) is 0 Å². The van der Waals surface area contributed by atoms with Crippen LogP contribution in [0.5, 0.6) is 0 Å². The van der Waals surface area contributed by atoms with Crippen LogP contribution in [0.25, 0.3) is 0 Å². The predicted molar refractivity (Wildman–Crippen MR) is 334 cm³/mol. The minimum atomic E-state index is -0.822. The van der Waals surface area contributed by atoms with Crippen LogP contribution in [0.4, 0.5) is 0 Å². The molecule has 6 nitrogen and oxygen atoms in total. The van der Waals surface area contributed by atoms with Crippen LogP contribution in [-0.2, 0) is 28.6 Å². The standard InChI is InChI=1S/C71H122O6/c1-4-7-10-13-16-19-22-25-28-31-33-34-35-36-38-40-43-46-49-52-55-58-61-64-70(73)76-67-68(66-75-69(72)63-60-57-54-51-48-45-42-39-30-27-24-21-18-15-12-9-6-3)77-71(74)65-62-59-56-53-50-47-44-41-37-32-29-26-23-20-17-14-11-8-5-2/h8,11,17-18,20-21,26-27,29-30,37,41,47,50,56,59,68H,4-7,9-10,12-16,19,22-25,28,31-36,38-40,42-46,48-49,51-55,57-58,60-67H2,1-3H3/b11-8-,20-17-,21-18-,29-26-,30-27-,41-37-,50-47-,59-56-. The maximum absolute atomic E-state index is 12.9. The van der Waals surface area contributed by atoms with Gasteiger partial charge in [-0.2, -0.15) is 0 Å². The van der Waals surface area contributed by atoms with Crippen LogP contribution in [0.2, 0.25) is 0 Å². The maximum atomic E-state index is 12.9. The number of esters is 3. The molecule has 1 unspecified atom stereocenters. The van der Waals surface area contributed by atoms with E-state index in [1.165, 1.54) is 180 Å². The fourth-order valence-corrected chi connectivity index (χ4v) is 9.21. The minimum absolute atomic E-state index is 0.108. The third-order valence-corrected chi connectivity index (χ3v) is 14.1. The molecule has 442 valence electrons. The van der Waals surface area contributed by atoms with Crippen molar-refractivity contribution in [3.05, 3.63) is 97.2 Å². The number of ether oxygens (including phenoxy) is 3. The van der Waals surface area contributed by atoms with E-state index in [2.05, 4.69) is 112 Å². The van der Waals surface area contributed by atoms with Gasteiger partial charge in [0.25, 0.3) is 0 Å². The third kappa shape index (κ3) is 63.0. The summed E-state index contributed by atoms with van der Waals surface area (Å²) >= 11 is 0. The van der Waals surface area contributed by atoms with E-state index in [0.717, 1.165) is 89.9 Å². The molecule has 0 aliphatic carbocycles. The van der Waals surface area contributed by atoms with Crippen molar-refractivity contribution in [2.75, 3.05) is 13.2 Å². The molecule has 0 aromatic rings. The van der Waals surface area contributed by atoms with Gasteiger partial charge in [0.15, 0.2) is 6.10 Å². The fourth-order valence-electron chi connectivity index (χ4n) is 9.21. The molecule has 0 saturated heterocycles. The predicted octanol–water partition coefficient (Wildman–Crippen LogP) is 22.4. The number of rotatable bonds is 59. The Hall–Kier alpha value is -3.67. The van der Waals surface area contributed by atoms with Gasteiger partial charge in [-0.3, -0.25) is 14.4 Å². The Morgan fingerprint density at radius 1 is 0.273 bits per heavy atom. The molecule has 0 spiro atoms. The smallest absolute Gasteiger partial charge is 0.306 e. The quantitative estimate of drug-likeness (QED) is 0.0261. The summed E-state index contributed by atoms with van der Waals surface area (Å²) in [6, 6.07) is 0. The fraction of sp³-hybridized carbons (Fsp3) is 0.732. The topological polar surface area (TPSA) is 78.9 Å². The SMILES string of the molecule is CC/C=C\C/C=C\C/C=C\C/C=C\C/C=C\C/C=C\CCC(=O)OC(COC(=O)CCCCCCCCC/C=C\C/C=C\CCCCC)COC(=O)CCCCCCCCCCCCCCCCCCCCCCCCC. The summed E-state index contributed by atoms with van der Waals surface area (Å²) in [7, 11) is 0. The molecule has 1 atom stereocenters. The maximum Gasteiger partial charge on any atom is 0.306 e. The summed E-state index contributed by atoms with van der Waals surface area (Å²) in [6.45, 7) is 6.47. The molecule has 0 amide bonds. The van der Waals surface area contributed by atoms with Gasteiger partial charge in [0, 0.05) is 19.3 Å². The highest BCUT2D eigenvalue weighted by atomic mass is 16.6. The lowest BCUT2D eigenvalue weighted by molar-refractivity contribution is -0.166. The van der Waals surface area contributed by atoms with Crippen LogP contribution < -0.4 is 0 Å². The Balaban J connectivity index is 4.43. The summed E-state index contributed by atoms with van der Waals surface area (Å²) in [4.78, 5) is 38.3. The molecule has 0 aliphatic rings. The zero-order chi connectivity index (χ0) is 55.7. The van der Waals surface area contributed by atoms with Crippen molar-refractivity contribution < 1.29 is 28.6 Å². The van der Waals surface area contributed by atoms with Gasteiger partial charge < -0.3 is 14.2 Å². The number of allylic oxidation sites excluding steroid dienone is 16. The summed E-state index contributed by atoms with van der Waals surface area (Å²) in [5, 5.41) is 0. The molecule has 0 rings (SSSR count).